The van der Waals surface area contributed by atoms with Crippen molar-refractivity contribution in [2.45, 2.75) is 30.0 Å². The lowest BCUT2D eigenvalue weighted by atomic mass is 10.2. The van der Waals surface area contributed by atoms with Crippen molar-refractivity contribution in [3.05, 3.63) is 35.9 Å². The van der Waals surface area contributed by atoms with Crippen molar-refractivity contribution >= 4 is 11.8 Å². The number of rotatable bonds is 5. The Kier molecular flexibility index (Phi) is 4.17. The molecular formula is C12H15N3OS. The van der Waals surface area contributed by atoms with E-state index in [1.807, 2.05) is 25.1 Å². The van der Waals surface area contributed by atoms with Crippen molar-refractivity contribution in [1.29, 1.82) is 0 Å². The van der Waals surface area contributed by atoms with Crippen molar-refractivity contribution < 1.29 is 4.42 Å². The topological polar surface area (TPSA) is 64.9 Å². The van der Waals surface area contributed by atoms with Gasteiger partial charge in [0.05, 0.1) is 0 Å². The van der Waals surface area contributed by atoms with E-state index >= 15 is 0 Å². The highest BCUT2D eigenvalue weighted by molar-refractivity contribution is 7.99. The molecule has 0 bridgehead atoms. The third kappa shape index (κ3) is 3.57. The van der Waals surface area contributed by atoms with E-state index in [4.69, 9.17) is 10.2 Å². The molecule has 0 aliphatic carbocycles. The molecule has 0 radical (unpaired) electrons. The highest BCUT2D eigenvalue weighted by atomic mass is 32.2. The lowest BCUT2D eigenvalue weighted by Gasteiger charge is -1.97. The summed E-state index contributed by atoms with van der Waals surface area (Å²) < 4.78 is 5.66. The summed E-state index contributed by atoms with van der Waals surface area (Å²) >= 11 is 1.44. The minimum Gasteiger partial charge on any atom is -0.454 e. The fraction of sp³-hybridized carbons (Fsp3) is 0.333. The molecule has 0 aliphatic heterocycles. The summed E-state index contributed by atoms with van der Waals surface area (Å²) in [5.41, 5.74) is 6.41. The Morgan fingerprint density at radius 2 is 2.24 bits per heavy atom. The molecule has 2 rings (SSSR count). The van der Waals surface area contributed by atoms with E-state index in [0.717, 1.165) is 29.4 Å². The first-order chi connectivity index (χ1) is 8.28. The predicted octanol–water partition coefficient (Wildman–Crippen LogP) is 2.42. The van der Waals surface area contributed by atoms with E-state index in [2.05, 4.69) is 9.97 Å². The molecule has 5 heteroatoms. The Hall–Kier alpha value is -1.33. The van der Waals surface area contributed by atoms with Crippen LogP contribution in [-0.2, 0) is 6.42 Å². The average molecular weight is 249 g/mol. The molecule has 0 aliphatic rings. The zero-order valence-corrected chi connectivity index (χ0v) is 10.5. The van der Waals surface area contributed by atoms with Gasteiger partial charge in [0.2, 0.25) is 0 Å². The van der Waals surface area contributed by atoms with Crippen LogP contribution in [0.4, 0.5) is 0 Å². The highest BCUT2D eigenvalue weighted by Gasteiger charge is 2.06. The van der Waals surface area contributed by atoms with Crippen LogP contribution in [0.5, 0.6) is 0 Å². The molecule has 2 heterocycles. The second-order valence-corrected chi connectivity index (χ2v) is 4.67. The van der Waals surface area contributed by atoms with E-state index in [9.17, 15) is 0 Å². The molecule has 0 spiro atoms. The summed E-state index contributed by atoms with van der Waals surface area (Å²) in [7, 11) is 0. The maximum atomic E-state index is 5.66. The van der Waals surface area contributed by atoms with Gasteiger partial charge in [-0.25, -0.2) is 9.97 Å². The third-order valence-corrected chi connectivity index (χ3v) is 3.03. The second-order valence-electron chi connectivity index (χ2n) is 3.70. The quantitative estimate of drug-likeness (QED) is 0.824. The summed E-state index contributed by atoms with van der Waals surface area (Å²) in [6.07, 6.45) is 3.58. The van der Waals surface area contributed by atoms with Crippen LogP contribution in [0.2, 0.25) is 0 Å². The maximum absolute atomic E-state index is 5.66. The molecule has 2 aromatic rings. The molecule has 2 aromatic heterocycles. The van der Waals surface area contributed by atoms with Gasteiger partial charge in [0, 0.05) is 18.3 Å². The van der Waals surface area contributed by atoms with Gasteiger partial charge in [-0.05, 0) is 49.9 Å². The summed E-state index contributed by atoms with van der Waals surface area (Å²) in [5.74, 6) is 0.964. The molecule has 0 saturated heterocycles. The Balaban J connectivity index is 2.01. The largest absolute Gasteiger partial charge is 0.454 e. The average Bonchev–Trinajstić information content (AvgIpc) is 2.74. The summed E-state index contributed by atoms with van der Waals surface area (Å²) in [5, 5.41) is 1.53. The predicted molar refractivity (Wildman–Crippen MR) is 67.0 cm³/mol. The maximum Gasteiger partial charge on any atom is 0.195 e. The molecule has 0 fully saturated rings. The Morgan fingerprint density at radius 1 is 1.35 bits per heavy atom. The van der Waals surface area contributed by atoms with E-state index < -0.39 is 0 Å². The number of nitrogens with zero attached hydrogens (tertiary/aromatic N) is 2. The first-order valence-corrected chi connectivity index (χ1v) is 6.36. The molecule has 0 aromatic carbocycles. The van der Waals surface area contributed by atoms with Gasteiger partial charge < -0.3 is 10.2 Å². The molecule has 0 amide bonds. The summed E-state index contributed by atoms with van der Waals surface area (Å²) in [4.78, 5) is 8.49. The van der Waals surface area contributed by atoms with Crippen molar-refractivity contribution in [1.82, 2.24) is 9.97 Å². The number of furan rings is 1. The van der Waals surface area contributed by atoms with E-state index in [-0.39, 0.29) is 0 Å². The number of hydrogen-bond donors (Lipinski definition) is 1. The van der Waals surface area contributed by atoms with Crippen LogP contribution in [0.25, 0.3) is 0 Å². The van der Waals surface area contributed by atoms with E-state index in [1.54, 1.807) is 6.20 Å². The van der Waals surface area contributed by atoms with Gasteiger partial charge in [-0.1, -0.05) is 0 Å². The minimum absolute atomic E-state index is 0.685. The van der Waals surface area contributed by atoms with Crippen molar-refractivity contribution in [3.8, 4) is 0 Å². The van der Waals surface area contributed by atoms with Gasteiger partial charge in [-0.2, -0.15) is 0 Å². The van der Waals surface area contributed by atoms with Crippen LogP contribution in [0.1, 0.15) is 17.9 Å². The van der Waals surface area contributed by atoms with E-state index in [1.165, 1.54) is 11.8 Å². The third-order valence-electron chi connectivity index (χ3n) is 2.23. The lowest BCUT2D eigenvalue weighted by molar-refractivity contribution is 0.427. The minimum atomic E-state index is 0.685. The smallest absolute Gasteiger partial charge is 0.195 e. The van der Waals surface area contributed by atoms with Gasteiger partial charge in [-0.3, -0.25) is 0 Å². The molecule has 0 atom stereocenters. The van der Waals surface area contributed by atoms with Crippen LogP contribution in [0, 0.1) is 6.92 Å². The van der Waals surface area contributed by atoms with Gasteiger partial charge in [0.25, 0.3) is 0 Å². The monoisotopic (exact) mass is 249 g/mol. The molecule has 2 N–H and O–H groups in total. The van der Waals surface area contributed by atoms with Gasteiger partial charge >= 0.3 is 0 Å². The van der Waals surface area contributed by atoms with Crippen molar-refractivity contribution in [2.24, 2.45) is 5.73 Å². The standard InChI is InChI=1S/C12H15N3OS/c1-9-6-8-14-12(15-9)17-11-5-4-10(16-11)3-2-7-13/h4-6,8H,2-3,7,13H2,1H3. The van der Waals surface area contributed by atoms with Crippen molar-refractivity contribution in [2.75, 3.05) is 6.54 Å². The SMILES string of the molecule is Cc1ccnc(Sc2ccc(CCCN)o2)n1. The first-order valence-electron chi connectivity index (χ1n) is 5.54. The second kappa shape index (κ2) is 5.84. The van der Waals surface area contributed by atoms with Gasteiger partial charge in [-0.15, -0.1) is 0 Å². The fourth-order valence-electron chi connectivity index (χ4n) is 1.39. The zero-order chi connectivity index (χ0) is 12.1. The summed E-state index contributed by atoms with van der Waals surface area (Å²) in [6, 6.07) is 5.80. The molecule has 90 valence electrons. The Labute approximate surface area is 105 Å². The molecule has 17 heavy (non-hydrogen) atoms. The van der Waals surface area contributed by atoms with Gasteiger partial charge in [0.15, 0.2) is 10.2 Å². The molecule has 0 saturated carbocycles. The summed E-state index contributed by atoms with van der Waals surface area (Å²) in [6.45, 7) is 2.63. The Bertz CT molecular complexity index is 484. The Morgan fingerprint density at radius 3 is 3.00 bits per heavy atom. The van der Waals surface area contributed by atoms with Gasteiger partial charge in [0.1, 0.15) is 5.76 Å². The molecular weight excluding hydrogens is 234 g/mol. The van der Waals surface area contributed by atoms with Crippen LogP contribution in [0.15, 0.2) is 39.1 Å². The lowest BCUT2D eigenvalue weighted by Crippen LogP contribution is -1.99. The van der Waals surface area contributed by atoms with Crippen LogP contribution in [0.3, 0.4) is 0 Å². The zero-order valence-electron chi connectivity index (χ0n) is 9.72. The number of hydrogen-bond acceptors (Lipinski definition) is 5. The number of nitrogens with two attached hydrogens (primary N) is 1. The van der Waals surface area contributed by atoms with Crippen LogP contribution >= 0.6 is 11.8 Å². The number of aromatic nitrogens is 2. The van der Waals surface area contributed by atoms with E-state index in [0.29, 0.717) is 11.7 Å². The molecule has 4 nitrogen and oxygen atoms in total. The highest BCUT2D eigenvalue weighted by Crippen LogP contribution is 2.26. The number of aryl methyl sites for hydroxylation is 2. The van der Waals surface area contributed by atoms with Crippen molar-refractivity contribution in [3.63, 3.8) is 0 Å². The van der Waals surface area contributed by atoms with Crippen LogP contribution < -0.4 is 5.73 Å². The normalized spacial score (nSPS) is 10.7. The molecule has 0 unspecified atom stereocenters. The van der Waals surface area contributed by atoms with Crippen LogP contribution in [-0.4, -0.2) is 16.5 Å². The first kappa shape index (κ1) is 12.1. The fourth-order valence-corrected chi connectivity index (χ4v) is 2.16.